The summed E-state index contributed by atoms with van der Waals surface area (Å²) in [5.41, 5.74) is 6.03. The van der Waals surface area contributed by atoms with Gasteiger partial charge >= 0.3 is 0 Å². The number of nitrogens with two attached hydrogens (primary N) is 1. The lowest BCUT2D eigenvalue weighted by atomic mass is 9.78. The zero-order chi connectivity index (χ0) is 15.3. The van der Waals surface area contributed by atoms with E-state index in [2.05, 4.69) is 21.2 Å². The SMILES string of the molecule is NC1CC(Br)CC2C(=O)N(C3CCC(=O)NC3=O)C(=O)C12. The molecule has 114 valence electrons. The van der Waals surface area contributed by atoms with Crippen molar-refractivity contribution in [3.63, 3.8) is 0 Å². The average Bonchev–Trinajstić information content (AvgIpc) is 2.63. The number of rotatable bonds is 1. The van der Waals surface area contributed by atoms with Gasteiger partial charge in [-0.2, -0.15) is 0 Å². The van der Waals surface area contributed by atoms with E-state index in [1.54, 1.807) is 0 Å². The van der Waals surface area contributed by atoms with Gasteiger partial charge in [0, 0.05) is 17.3 Å². The highest BCUT2D eigenvalue weighted by Gasteiger charge is 2.56. The summed E-state index contributed by atoms with van der Waals surface area (Å²) in [6.07, 6.45) is 1.50. The minimum atomic E-state index is -0.880. The van der Waals surface area contributed by atoms with Crippen LogP contribution in [0, 0.1) is 11.8 Å². The molecule has 0 bridgehead atoms. The molecule has 1 aliphatic carbocycles. The highest BCUT2D eigenvalue weighted by Crippen LogP contribution is 2.41. The molecule has 5 unspecified atom stereocenters. The van der Waals surface area contributed by atoms with Crippen molar-refractivity contribution in [1.29, 1.82) is 0 Å². The van der Waals surface area contributed by atoms with E-state index in [1.165, 1.54) is 0 Å². The Labute approximate surface area is 129 Å². The largest absolute Gasteiger partial charge is 0.327 e. The molecule has 0 aromatic carbocycles. The third-order valence-corrected chi connectivity index (χ3v) is 5.28. The van der Waals surface area contributed by atoms with Gasteiger partial charge in [0.25, 0.3) is 0 Å². The van der Waals surface area contributed by atoms with Crippen molar-refractivity contribution in [3.8, 4) is 0 Å². The first kappa shape index (κ1) is 14.6. The molecular formula is C13H16BrN3O4. The maximum absolute atomic E-state index is 12.5. The summed E-state index contributed by atoms with van der Waals surface area (Å²) in [5, 5.41) is 2.18. The van der Waals surface area contributed by atoms with Gasteiger partial charge < -0.3 is 5.73 Å². The zero-order valence-electron chi connectivity index (χ0n) is 11.3. The Morgan fingerprint density at radius 2 is 1.86 bits per heavy atom. The highest BCUT2D eigenvalue weighted by atomic mass is 79.9. The Morgan fingerprint density at radius 1 is 1.14 bits per heavy atom. The van der Waals surface area contributed by atoms with Gasteiger partial charge in [-0.15, -0.1) is 0 Å². The molecular weight excluding hydrogens is 342 g/mol. The number of fused-ring (bicyclic) bond motifs is 1. The summed E-state index contributed by atoms with van der Waals surface area (Å²) >= 11 is 3.46. The number of hydrogen-bond donors (Lipinski definition) is 2. The Bertz CT molecular complexity index is 538. The number of nitrogens with zero attached hydrogens (tertiary/aromatic N) is 1. The van der Waals surface area contributed by atoms with E-state index < -0.39 is 23.8 Å². The number of alkyl halides is 1. The third kappa shape index (κ3) is 2.30. The quantitative estimate of drug-likeness (QED) is 0.475. The summed E-state index contributed by atoms with van der Waals surface area (Å²) in [5.74, 6) is -2.65. The number of carbonyl (C=O) groups is 4. The van der Waals surface area contributed by atoms with Crippen LogP contribution >= 0.6 is 15.9 Å². The second-order valence-corrected chi connectivity index (χ2v) is 7.17. The number of imide groups is 2. The van der Waals surface area contributed by atoms with Gasteiger partial charge in [0.2, 0.25) is 23.6 Å². The van der Waals surface area contributed by atoms with Gasteiger partial charge in [-0.1, -0.05) is 15.9 Å². The predicted molar refractivity (Wildman–Crippen MR) is 74.9 cm³/mol. The molecule has 3 rings (SSSR count). The monoisotopic (exact) mass is 357 g/mol. The molecule has 2 heterocycles. The lowest BCUT2D eigenvalue weighted by Gasteiger charge is -2.30. The maximum Gasteiger partial charge on any atom is 0.249 e. The Balaban J connectivity index is 1.87. The minimum Gasteiger partial charge on any atom is -0.327 e. The number of hydrogen-bond acceptors (Lipinski definition) is 5. The van der Waals surface area contributed by atoms with Crippen LogP contribution in [0.5, 0.6) is 0 Å². The molecule has 8 heteroatoms. The molecule has 0 aromatic rings. The molecule has 7 nitrogen and oxygen atoms in total. The van der Waals surface area contributed by atoms with Crippen molar-refractivity contribution < 1.29 is 19.2 Å². The number of amides is 4. The smallest absolute Gasteiger partial charge is 0.249 e. The van der Waals surface area contributed by atoms with Crippen LogP contribution in [-0.2, 0) is 19.2 Å². The van der Waals surface area contributed by atoms with Gasteiger partial charge in [0.15, 0.2) is 0 Å². The van der Waals surface area contributed by atoms with Crippen molar-refractivity contribution in [2.75, 3.05) is 0 Å². The fourth-order valence-electron chi connectivity index (χ4n) is 3.55. The van der Waals surface area contributed by atoms with Crippen LogP contribution in [0.1, 0.15) is 25.7 Å². The second-order valence-electron chi connectivity index (χ2n) is 5.88. The van der Waals surface area contributed by atoms with E-state index in [-0.39, 0.29) is 41.4 Å². The summed E-state index contributed by atoms with van der Waals surface area (Å²) in [6.45, 7) is 0. The van der Waals surface area contributed by atoms with Crippen molar-refractivity contribution in [1.82, 2.24) is 10.2 Å². The lowest BCUT2D eigenvalue weighted by molar-refractivity contribution is -0.151. The molecule has 0 aromatic heterocycles. The van der Waals surface area contributed by atoms with E-state index in [4.69, 9.17) is 5.73 Å². The standard InChI is InChI=1S/C13H16BrN3O4/c14-5-3-6-10(7(15)4-5)13(21)17(12(6)20)8-1-2-9(18)16-11(8)19/h5-8,10H,1-4,15H2,(H,16,18,19). The fraction of sp³-hybridized carbons (Fsp3) is 0.692. The van der Waals surface area contributed by atoms with Gasteiger partial charge in [-0.25, -0.2) is 0 Å². The summed E-state index contributed by atoms with van der Waals surface area (Å²) in [7, 11) is 0. The van der Waals surface area contributed by atoms with Crippen LogP contribution in [0.4, 0.5) is 0 Å². The molecule has 2 aliphatic heterocycles. The number of likely N-dealkylation sites (tertiary alicyclic amines) is 1. The molecule has 1 saturated carbocycles. The lowest BCUT2D eigenvalue weighted by Crippen LogP contribution is -2.54. The summed E-state index contributed by atoms with van der Waals surface area (Å²) in [6, 6.07) is -1.27. The molecule has 3 N–H and O–H groups in total. The molecule has 0 radical (unpaired) electrons. The third-order valence-electron chi connectivity index (χ3n) is 4.53. The molecule has 3 fully saturated rings. The molecule has 4 amide bonds. The molecule has 2 saturated heterocycles. The van der Waals surface area contributed by atoms with Gasteiger partial charge in [0.05, 0.1) is 11.8 Å². The Morgan fingerprint density at radius 3 is 2.52 bits per heavy atom. The second kappa shape index (κ2) is 5.17. The summed E-state index contributed by atoms with van der Waals surface area (Å²) in [4.78, 5) is 49.3. The van der Waals surface area contributed by atoms with E-state index >= 15 is 0 Å². The number of halogens is 1. The average molecular weight is 358 g/mol. The molecule has 5 atom stereocenters. The van der Waals surface area contributed by atoms with E-state index in [0.717, 1.165) is 4.90 Å². The minimum absolute atomic E-state index is 0.104. The van der Waals surface area contributed by atoms with E-state index in [1.807, 2.05) is 0 Å². The summed E-state index contributed by atoms with van der Waals surface area (Å²) < 4.78 is 0. The molecule has 21 heavy (non-hydrogen) atoms. The van der Waals surface area contributed by atoms with Crippen LogP contribution in [0.3, 0.4) is 0 Å². The topological polar surface area (TPSA) is 110 Å². The first-order valence-corrected chi connectivity index (χ1v) is 7.92. The van der Waals surface area contributed by atoms with Crippen LogP contribution in [0.25, 0.3) is 0 Å². The van der Waals surface area contributed by atoms with Crippen LogP contribution < -0.4 is 11.1 Å². The van der Waals surface area contributed by atoms with Gasteiger partial charge in [-0.05, 0) is 19.3 Å². The van der Waals surface area contributed by atoms with Crippen LogP contribution in [-0.4, -0.2) is 45.4 Å². The van der Waals surface area contributed by atoms with E-state index in [0.29, 0.717) is 12.8 Å². The zero-order valence-corrected chi connectivity index (χ0v) is 12.8. The van der Waals surface area contributed by atoms with Crippen molar-refractivity contribution in [2.45, 2.75) is 42.6 Å². The van der Waals surface area contributed by atoms with Crippen molar-refractivity contribution in [2.24, 2.45) is 17.6 Å². The highest BCUT2D eigenvalue weighted by molar-refractivity contribution is 9.09. The normalized spacial score (nSPS) is 40.3. The van der Waals surface area contributed by atoms with Gasteiger partial charge in [-0.3, -0.25) is 29.4 Å². The predicted octanol–water partition coefficient (Wildman–Crippen LogP) is -0.723. The van der Waals surface area contributed by atoms with Gasteiger partial charge in [0.1, 0.15) is 6.04 Å². The molecule has 0 spiro atoms. The Hall–Kier alpha value is -1.28. The van der Waals surface area contributed by atoms with Crippen LogP contribution in [0.2, 0.25) is 0 Å². The molecule has 3 aliphatic rings. The van der Waals surface area contributed by atoms with E-state index in [9.17, 15) is 19.2 Å². The maximum atomic E-state index is 12.5. The number of carbonyl (C=O) groups excluding carboxylic acids is 4. The number of nitrogens with one attached hydrogen (secondary N) is 1. The number of piperidine rings is 1. The first-order chi connectivity index (χ1) is 9.90. The fourth-order valence-corrected chi connectivity index (χ4v) is 4.39. The first-order valence-electron chi connectivity index (χ1n) is 7.00. The van der Waals surface area contributed by atoms with Crippen molar-refractivity contribution in [3.05, 3.63) is 0 Å². The van der Waals surface area contributed by atoms with Crippen molar-refractivity contribution >= 4 is 39.6 Å². The Kier molecular flexibility index (Phi) is 3.61. The van der Waals surface area contributed by atoms with Crippen LogP contribution in [0.15, 0.2) is 0 Å².